The maximum atomic E-state index is 3.18. The van der Waals surface area contributed by atoms with E-state index in [1.54, 1.807) is 0 Å². The van der Waals surface area contributed by atoms with Gasteiger partial charge in [-0.3, -0.25) is 0 Å². The van der Waals surface area contributed by atoms with Gasteiger partial charge < -0.3 is 10.2 Å². The topological polar surface area (TPSA) is 15.3 Å². The summed E-state index contributed by atoms with van der Waals surface area (Å²) in [6, 6.07) is 0. The average molecular weight is 122 g/mol. The molecule has 2 heterocycles. The molecule has 0 fully saturated rings. The van der Waals surface area contributed by atoms with Gasteiger partial charge in [0.05, 0.1) is 6.67 Å². The molecule has 0 unspecified atom stereocenters. The Morgan fingerprint density at radius 1 is 1.56 bits per heavy atom. The molecule has 0 amide bonds. The molecule has 0 saturated heterocycles. The van der Waals surface area contributed by atoms with Crippen molar-refractivity contribution < 1.29 is 0 Å². The number of fused-ring (bicyclic) bond motifs is 1. The van der Waals surface area contributed by atoms with Gasteiger partial charge in [0.15, 0.2) is 0 Å². The average Bonchev–Trinajstić information content (AvgIpc) is 2.33. The first-order valence-electron chi connectivity index (χ1n) is 3.32. The zero-order valence-electron chi connectivity index (χ0n) is 5.30. The van der Waals surface area contributed by atoms with Gasteiger partial charge >= 0.3 is 0 Å². The Balaban J connectivity index is 2.23. The first-order chi connectivity index (χ1) is 4.47. The second-order valence-electron chi connectivity index (χ2n) is 2.39. The molecule has 0 spiro atoms. The summed E-state index contributed by atoms with van der Waals surface area (Å²) in [7, 11) is 0. The molecule has 0 aromatic heterocycles. The van der Waals surface area contributed by atoms with Crippen LogP contribution in [0.1, 0.15) is 12.8 Å². The van der Waals surface area contributed by atoms with Crippen LogP contribution >= 0.6 is 0 Å². The van der Waals surface area contributed by atoms with E-state index in [9.17, 15) is 0 Å². The largest absolute Gasteiger partial charge is 0.372 e. The van der Waals surface area contributed by atoms with E-state index >= 15 is 0 Å². The summed E-state index contributed by atoms with van der Waals surface area (Å²) in [5, 5.41) is 3.18. The smallest absolute Gasteiger partial charge is 0.0912 e. The van der Waals surface area contributed by atoms with Crippen LogP contribution in [0.25, 0.3) is 0 Å². The Morgan fingerprint density at radius 3 is 3.44 bits per heavy atom. The van der Waals surface area contributed by atoms with E-state index in [2.05, 4.69) is 28.7 Å². The van der Waals surface area contributed by atoms with Gasteiger partial charge in [0.1, 0.15) is 0 Å². The summed E-state index contributed by atoms with van der Waals surface area (Å²) < 4.78 is 0. The standard InChI is InChI=1S/C7H10N2/c1-2-4-9-6-8-5-7(9)3-1/h2,4-5,8H,1,3,6H2. The van der Waals surface area contributed by atoms with Crippen molar-refractivity contribution in [1.82, 2.24) is 10.2 Å². The van der Waals surface area contributed by atoms with Crippen molar-refractivity contribution >= 4 is 0 Å². The highest BCUT2D eigenvalue weighted by molar-refractivity contribution is 5.13. The van der Waals surface area contributed by atoms with Crippen LogP contribution in [0.4, 0.5) is 0 Å². The predicted octanol–water partition coefficient (Wildman–Crippen LogP) is 0.998. The lowest BCUT2D eigenvalue weighted by molar-refractivity contribution is 0.457. The van der Waals surface area contributed by atoms with Gasteiger partial charge in [-0.2, -0.15) is 0 Å². The van der Waals surface area contributed by atoms with E-state index in [1.807, 2.05) is 0 Å². The van der Waals surface area contributed by atoms with E-state index in [4.69, 9.17) is 0 Å². The van der Waals surface area contributed by atoms with Gasteiger partial charge in [0, 0.05) is 18.1 Å². The quantitative estimate of drug-likeness (QED) is 0.515. The van der Waals surface area contributed by atoms with Crippen LogP contribution in [0.15, 0.2) is 24.2 Å². The molecule has 0 radical (unpaired) electrons. The van der Waals surface area contributed by atoms with Crippen LogP contribution in [-0.4, -0.2) is 11.6 Å². The summed E-state index contributed by atoms with van der Waals surface area (Å²) in [6.45, 7) is 0.964. The second kappa shape index (κ2) is 1.79. The van der Waals surface area contributed by atoms with E-state index in [0.717, 1.165) is 6.67 Å². The minimum atomic E-state index is 0.964. The Bertz CT molecular complexity index is 170. The Kier molecular flexibility index (Phi) is 0.979. The lowest BCUT2D eigenvalue weighted by Gasteiger charge is -2.19. The highest BCUT2D eigenvalue weighted by atomic mass is 15.3. The van der Waals surface area contributed by atoms with Crippen molar-refractivity contribution in [2.45, 2.75) is 12.8 Å². The fraction of sp³-hybridized carbons (Fsp3) is 0.429. The van der Waals surface area contributed by atoms with E-state index in [1.165, 1.54) is 18.5 Å². The van der Waals surface area contributed by atoms with E-state index < -0.39 is 0 Å². The van der Waals surface area contributed by atoms with Crippen molar-refractivity contribution in [3.63, 3.8) is 0 Å². The van der Waals surface area contributed by atoms with Crippen molar-refractivity contribution in [3.8, 4) is 0 Å². The van der Waals surface area contributed by atoms with Crippen LogP contribution in [0.3, 0.4) is 0 Å². The summed E-state index contributed by atoms with van der Waals surface area (Å²) in [4.78, 5) is 2.24. The molecule has 0 aliphatic carbocycles. The fourth-order valence-corrected chi connectivity index (χ4v) is 1.24. The lowest BCUT2D eigenvalue weighted by Crippen LogP contribution is -2.19. The first kappa shape index (κ1) is 4.91. The number of nitrogens with one attached hydrogen (secondary N) is 1. The summed E-state index contributed by atoms with van der Waals surface area (Å²) in [5.41, 5.74) is 1.43. The molecule has 1 N–H and O–H groups in total. The molecule has 2 aliphatic rings. The molecule has 0 atom stereocenters. The van der Waals surface area contributed by atoms with Crippen molar-refractivity contribution in [2.75, 3.05) is 6.67 Å². The normalized spacial score (nSPS) is 23.1. The minimum Gasteiger partial charge on any atom is -0.372 e. The molecule has 9 heavy (non-hydrogen) atoms. The van der Waals surface area contributed by atoms with Crippen LogP contribution < -0.4 is 5.32 Å². The van der Waals surface area contributed by atoms with Gasteiger partial charge in [-0.15, -0.1) is 0 Å². The fourth-order valence-electron chi connectivity index (χ4n) is 1.24. The SMILES string of the molecule is C1=CN2CNC=C2CC1. The van der Waals surface area contributed by atoms with Crippen molar-refractivity contribution in [1.29, 1.82) is 0 Å². The molecule has 48 valence electrons. The third-order valence-electron chi connectivity index (χ3n) is 1.75. The summed E-state index contributed by atoms with van der Waals surface area (Å²) >= 11 is 0. The third-order valence-corrected chi connectivity index (χ3v) is 1.75. The molecule has 0 aromatic rings. The van der Waals surface area contributed by atoms with E-state index in [-0.39, 0.29) is 0 Å². The lowest BCUT2D eigenvalue weighted by atomic mass is 10.2. The van der Waals surface area contributed by atoms with Gasteiger partial charge in [-0.05, 0) is 12.8 Å². The summed E-state index contributed by atoms with van der Waals surface area (Å²) in [5.74, 6) is 0. The number of rotatable bonds is 0. The minimum absolute atomic E-state index is 0.964. The molecule has 0 aromatic carbocycles. The number of hydrogen-bond acceptors (Lipinski definition) is 2. The van der Waals surface area contributed by atoms with Crippen LogP contribution in [0.5, 0.6) is 0 Å². The molecule has 2 rings (SSSR count). The molecule has 0 saturated carbocycles. The summed E-state index contributed by atoms with van der Waals surface area (Å²) in [6.07, 6.45) is 8.86. The molecule has 0 bridgehead atoms. The number of hydrogen-bond donors (Lipinski definition) is 1. The van der Waals surface area contributed by atoms with Gasteiger partial charge in [0.2, 0.25) is 0 Å². The first-order valence-corrected chi connectivity index (χ1v) is 3.32. The monoisotopic (exact) mass is 122 g/mol. The van der Waals surface area contributed by atoms with Crippen LogP contribution in [-0.2, 0) is 0 Å². The Labute approximate surface area is 54.8 Å². The van der Waals surface area contributed by atoms with Crippen molar-refractivity contribution in [2.24, 2.45) is 0 Å². The Morgan fingerprint density at radius 2 is 2.56 bits per heavy atom. The van der Waals surface area contributed by atoms with Crippen LogP contribution in [0, 0.1) is 0 Å². The predicted molar refractivity (Wildman–Crippen MR) is 36.3 cm³/mol. The van der Waals surface area contributed by atoms with Crippen molar-refractivity contribution in [3.05, 3.63) is 24.2 Å². The highest BCUT2D eigenvalue weighted by Gasteiger charge is 2.13. The molecule has 2 heteroatoms. The maximum Gasteiger partial charge on any atom is 0.0912 e. The number of allylic oxidation sites excluding steroid dienone is 2. The maximum absolute atomic E-state index is 3.18. The van der Waals surface area contributed by atoms with E-state index in [0.29, 0.717) is 0 Å². The third kappa shape index (κ3) is 0.707. The number of nitrogens with zero attached hydrogens (tertiary/aromatic N) is 1. The molecule has 2 aliphatic heterocycles. The molecular formula is C7H10N2. The van der Waals surface area contributed by atoms with Crippen LogP contribution in [0.2, 0.25) is 0 Å². The molecular weight excluding hydrogens is 112 g/mol. The zero-order chi connectivity index (χ0) is 6.10. The van der Waals surface area contributed by atoms with Gasteiger partial charge in [-0.1, -0.05) is 6.08 Å². The molecule has 2 nitrogen and oxygen atoms in total. The van der Waals surface area contributed by atoms with Gasteiger partial charge in [-0.25, -0.2) is 0 Å². The highest BCUT2D eigenvalue weighted by Crippen LogP contribution is 2.19. The second-order valence-corrected chi connectivity index (χ2v) is 2.39. The Hall–Kier alpha value is -0.920. The zero-order valence-corrected chi connectivity index (χ0v) is 5.30. The van der Waals surface area contributed by atoms with Gasteiger partial charge in [0.25, 0.3) is 0 Å².